The van der Waals surface area contributed by atoms with Crippen LogP contribution in [-0.4, -0.2) is 23.3 Å². The maximum absolute atomic E-state index is 6.01. The van der Waals surface area contributed by atoms with Crippen molar-refractivity contribution in [2.24, 2.45) is 5.16 Å². The molecule has 1 aliphatic rings. The quantitative estimate of drug-likeness (QED) is 0.693. The third-order valence-corrected chi connectivity index (χ3v) is 3.72. The van der Waals surface area contributed by atoms with Gasteiger partial charge in [0.05, 0.1) is 6.21 Å². The van der Waals surface area contributed by atoms with E-state index in [1.54, 1.807) is 0 Å². The van der Waals surface area contributed by atoms with Crippen molar-refractivity contribution in [3.05, 3.63) is 41.2 Å². The third-order valence-electron chi connectivity index (χ3n) is 3.72. The molecule has 1 aromatic heterocycles. The van der Waals surface area contributed by atoms with E-state index in [1.807, 2.05) is 12.1 Å². The smallest absolute Gasteiger partial charge is 0.233 e. The highest BCUT2D eigenvalue weighted by Crippen LogP contribution is 2.33. The van der Waals surface area contributed by atoms with E-state index in [2.05, 4.69) is 21.2 Å². The maximum atomic E-state index is 6.01. The monoisotopic (exact) mass is 298 g/mol. The van der Waals surface area contributed by atoms with Crippen molar-refractivity contribution in [2.75, 3.05) is 12.8 Å². The Morgan fingerprint density at radius 3 is 2.95 bits per heavy atom. The highest BCUT2D eigenvalue weighted by Gasteiger charge is 2.16. The van der Waals surface area contributed by atoms with Crippen molar-refractivity contribution in [2.45, 2.75) is 25.7 Å². The van der Waals surface area contributed by atoms with Gasteiger partial charge in [-0.3, -0.25) is 0 Å². The van der Waals surface area contributed by atoms with Crippen LogP contribution in [0.15, 0.2) is 29.7 Å². The van der Waals surface area contributed by atoms with E-state index in [9.17, 15) is 0 Å². The second-order valence-corrected chi connectivity index (χ2v) is 5.10. The molecule has 2 aromatic rings. The normalized spacial score (nSPS) is 13.9. The number of aryl methyl sites for hydroxylation is 1. The maximum Gasteiger partial charge on any atom is 0.233 e. The number of rotatable bonds is 4. The number of oxime groups is 1. The highest BCUT2D eigenvalue weighted by atomic mass is 16.6. The van der Waals surface area contributed by atoms with Crippen LogP contribution >= 0.6 is 0 Å². The molecule has 0 unspecified atom stereocenters. The highest BCUT2D eigenvalue weighted by molar-refractivity contribution is 5.88. The first kappa shape index (κ1) is 14.3. The number of hydrogen-bond acceptors (Lipinski definition) is 6. The zero-order valence-electron chi connectivity index (χ0n) is 12.5. The zero-order chi connectivity index (χ0) is 15.4. The largest absolute Gasteiger partial charge is 0.438 e. The van der Waals surface area contributed by atoms with Crippen LogP contribution in [-0.2, 0) is 17.7 Å². The molecule has 0 fully saturated rings. The Balaban J connectivity index is 1.97. The van der Waals surface area contributed by atoms with Gasteiger partial charge in [0.15, 0.2) is 0 Å². The molecule has 1 aliphatic carbocycles. The lowest BCUT2D eigenvalue weighted by Gasteiger charge is -2.19. The first-order valence-corrected chi connectivity index (χ1v) is 7.25. The van der Waals surface area contributed by atoms with Crippen molar-refractivity contribution in [3.63, 3.8) is 0 Å². The SMILES string of the molecule is CO/N=C/c1c(N)ncnc1Oc1cccc2c1CCCC2. The molecule has 0 spiro atoms. The molecule has 3 rings (SSSR count). The number of ether oxygens (including phenoxy) is 1. The average molecular weight is 298 g/mol. The second kappa shape index (κ2) is 6.43. The zero-order valence-corrected chi connectivity index (χ0v) is 12.5. The number of nitrogen functional groups attached to an aromatic ring is 1. The molecule has 2 N–H and O–H groups in total. The Morgan fingerprint density at radius 1 is 1.23 bits per heavy atom. The van der Waals surface area contributed by atoms with Gasteiger partial charge in [0.2, 0.25) is 5.88 Å². The summed E-state index contributed by atoms with van der Waals surface area (Å²) in [6, 6.07) is 6.12. The molecular weight excluding hydrogens is 280 g/mol. The van der Waals surface area contributed by atoms with E-state index in [0.717, 1.165) is 18.6 Å². The van der Waals surface area contributed by atoms with Crippen LogP contribution in [0.4, 0.5) is 5.82 Å². The summed E-state index contributed by atoms with van der Waals surface area (Å²) in [6.07, 6.45) is 7.36. The molecule has 1 aromatic carbocycles. The van der Waals surface area contributed by atoms with E-state index in [-0.39, 0.29) is 0 Å². The fourth-order valence-electron chi connectivity index (χ4n) is 2.65. The molecular formula is C16H18N4O2. The van der Waals surface area contributed by atoms with Crippen LogP contribution in [0.5, 0.6) is 11.6 Å². The minimum atomic E-state index is 0.301. The van der Waals surface area contributed by atoms with Gasteiger partial charge in [-0.15, -0.1) is 0 Å². The summed E-state index contributed by atoms with van der Waals surface area (Å²) in [4.78, 5) is 12.8. The lowest BCUT2D eigenvalue weighted by molar-refractivity contribution is 0.215. The van der Waals surface area contributed by atoms with Crippen molar-refractivity contribution in [3.8, 4) is 11.6 Å². The molecule has 0 atom stereocenters. The Bertz CT molecular complexity index is 701. The minimum Gasteiger partial charge on any atom is -0.438 e. The predicted molar refractivity (Wildman–Crippen MR) is 84.2 cm³/mol. The fourth-order valence-corrected chi connectivity index (χ4v) is 2.65. The van der Waals surface area contributed by atoms with Gasteiger partial charge < -0.3 is 15.3 Å². The van der Waals surface area contributed by atoms with Gasteiger partial charge in [0.1, 0.15) is 30.6 Å². The van der Waals surface area contributed by atoms with Gasteiger partial charge in [-0.05, 0) is 42.9 Å². The second-order valence-electron chi connectivity index (χ2n) is 5.10. The van der Waals surface area contributed by atoms with Crippen molar-refractivity contribution < 1.29 is 9.57 Å². The molecule has 22 heavy (non-hydrogen) atoms. The summed E-state index contributed by atoms with van der Waals surface area (Å²) >= 11 is 0. The average Bonchev–Trinajstić information content (AvgIpc) is 2.55. The van der Waals surface area contributed by atoms with Gasteiger partial charge in [0, 0.05) is 0 Å². The molecule has 6 heteroatoms. The Kier molecular flexibility index (Phi) is 4.18. The van der Waals surface area contributed by atoms with Crippen molar-refractivity contribution in [1.29, 1.82) is 0 Å². The summed E-state index contributed by atoms with van der Waals surface area (Å²) < 4.78 is 6.01. The lowest BCUT2D eigenvalue weighted by atomic mass is 9.91. The van der Waals surface area contributed by atoms with E-state index >= 15 is 0 Å². The summed E-state index contributed by atoms with van der Waals surface area (Å²) in [5.74, 6) is 1.50. The van der Waals surface area contributed by atoms with Crippen LogP contribution < -0.4 is 10.5 Å². The van der Waals surface area contributed by atoms with Crippen LogP contribution in [0.3, 0.4) is 0 Å². The molecule has 0 saturated heterocycles. The van der Waals surface area contributed by atoms with Gasteiger partial charge in [0.25, 0.3) is 0 Å². The summed E-state index contributed by atoms with van der Waals surface area (Å²) in [7, 11) is 1.46. The van der Waals surface area contributed by atoms with Crippen LogP contribution in [0.1, 0.15) is 29.5 Å². The molecule has 0 saturated carbocycles. The number of anilines is 1. The predicted octanol–water partition coefficient (Wildman–Crippen LogP) is 2.71. The van der Waals surface area contributed by atoms with Crippen molar-refractivity contribution >= 4 is 12.0 Å². The van der Waals surface area contributed by atoms with Gasteiger partial charge in [-0.25, -0.2) is 9.97 Å². The van der Waals surface area contributed by atoms with E-state index in [0.29, 0.717) is 17.3 Å². The van der Waals surface area contributed by atoms with Crippen LogP contribution in [0.2, 0.25) is 0 Å². The minimum absolute atomic E-state index is 0.301. The van der Waals surface area contributed by atoms with Gasteiger partial charge in [-0.1, -0.05) is 17.3 Å². The molecule has 0 bridgehead atoms. The number of nitrogens with two attached hydrogens (primary N) is 1. The van der Waals surface area contributed by atoms with E-state index in [4.69, 9.17) is 15.3 Å². The summed E-state index contributed by atoms with van der Waals surface area (Å²) in [6.45, 7) is 0. The van der Waals surface area contributed by atoms with Crippen LogP contribution in [0.25, 0.3) is 0 Å². The fraction of sp³-hybridized carbons (Fsp3) is 0.312. The number of nitrogens with zero attached hydrogens (tertiary/aromatic N) is 3. The summed E-state index contributed by atoms with van der Waals surface area (Å²) in [5, 5.41) is 3.73. The molecule has 1 heterocycles. The number of benzene rings is 1. The van der Waals surface area contributed by atoms with E-state index in [1.165, 1.54) is 43.6 Å². The lowest BCUT2D eigenvalue weighted by Crippen LogP contribution is -2.06. The third kappa shape index (κ3) is 2.86. The number of aromatic nitrogens is 2. The Morgan fingerprint density at radius 2 is 2.09 bits per heavy atom. The van der Waals surface area contributed by atoms with Gasteiger partial charge in [-0.2, -0.15) is 0 Å². The molecule has 6 nitrogen and oxygen atoms in total. The first-order valence-electron chi connectivity index (χ1n) is 7.25. The molecule has 0 aliphatic heterocycles. The Labute approximate surface area is 129 Å². The molecule has 0 radical (unpaired) electrons. The molecule has 0 amide bonds. The van der Waals surface area contributed by atoms with Crippen LogP contribution in [0, 0.1) is 0 Å². The number of fused-ring (bicyclic) bond motifs is 1. The topological polar surface area (TPSA) is 82.6 Å². The first-order chi connectivity index (χ1) is 10.8. The summed E-state index contributed by atoms with van der Waals surface area (Å²) in [5.41, 5.74) is 8.98. The standard InChI is InChI=1S/C16H18N4O2/c1-21-20-9-13-15(17)18-10-19-16(13)22-14-8-4-6-11-5-2-3-7-12(11)14/h4,6,8-10H,2-3,5,7H2,1H3,(H2,17,18,19)/b20-9+. The Hall–Kier alpha value is -2.63. The van der Waals surface area contributed by atoms with E-state index < -0.39 is 0 Å². The molecule has 114 valence electrons. The number of hydrogen-bond donors (Lipinski definition) is 1. The van der Waals surface area contributed by atoms with Gasteiger partial charge >= 0.3 is 0 Å². The van der Waals surface area contributed by atoms with Crippen molar-refractivity contribution in [1.82, 2.24) is 9.97 Å².